The molecule has 0 amide bonds. The van der Waals surface area contributed by atoms with Crippen molar-refractivity contribution in [2.75, 3.05) is 5.73 Å². The fourth-order valence-electron chi connectivity index (χ4n) is 1.63. The zero-order valence-electron chi connectivity index (χ0n) is 10.3. The number of hydrogen-bond acceptors (Lipinski definition) is 3. The van der Waals surface area contributed by atoms with E-state index in [0.717, 1.165) is 12.3 Å². The Hall–Kier alpha value is -1.58. The Balaban J connectivity index is 2.46. The molecular formula is C12H10F3IN4. The van der Waals surface area contributed by atoms with Gasteiger partial charge >= 0.3 is 6.18 Å². The molecule has 106 valence electrons. The Morgan fingerprint density at radius 1 is 1.40 bits per heavy atom. The van der Waals surface area contributed by atoms with Crippen molar-refractivity contribution in [3.63, 3.8) is 0 Å². The van der Waals surface area contributed by atoms with Crippen LogP contribution in [-0.2, 0) is 6.18 Å². The molecule has 1 aromatic heterocycles. The maximum absolute atomic E-state index is 12.9. The van der Waals surface area contributed by atoms with E-state index >= 15 is 0 Å². The van der Waals surface area contributed by atoms with Crippen molar-refractivity contribution >= 4 is 34.8 Å². The molecule has 2 N–H and O–H groups in total. The van der Waals surface area contributed by atoms with Gasteiger partial charge < -0.3 is 5.73 Å². The molecule has 2 rings (SSSR count). The lowest BCUT2D eigenvalue weighted by molar-refractivity contribution is -0.137. The molecule has 0 fully saturated rings. The van der Waals surface area contributed by atoms with E-state index in [4.69, 9.17) is 5.73 Å². The minimum Gasteiger partial charge on any atom is -0.368 e. The number of rotatable bonds is 2. The highest BCUT2D eigenvalue weighted by Crippen LogP contribution is 2.33. The van der Waals surface area contributed by atoms with Gasteiger partial charge in [0, 0.05) is 9.13 Å². The van der Waals surface area contributed by atoms with Crippen LogP contribution in [0, 0.1) is 10.5 Å². The summed E-state index contributed by atoms with van der Waals surface area (Å²) >= 11 is 1.84. The molecule has 0 unspecified atom stereocenters. The van der Waals surface area contributed by atoms with E-state index in [1.807, 2.05) is 22.6 Å². The van der Waals surface area contributed by atoms with Crippen LogP contribution in [0.5, 0.6) is 0 Å². The molecule has 0 spiro atoms. The molecule has 0 bridgehead atoms. The molecule has 0 saturated carbocycles. The second kappa shape index (κ2) is 5.43. The molecule has 1 aromatic carbocycles. The standard InChI is InChI=1S/C12H10F3IN4/c1-7-6-20(11(17)19-7)18-5-8-9(12(13,14)15)3-2-4-10(8)16/h2-6H,1H3,(H2,17,19). The van der Waals surface area contributed by atoms with Crippen LogP contribution in [0.1, 0.15) is 16.8 Å². The lowest BCUT2D eigenvalue weighted by atomic mass is 10.1. The second-order valence-electron chi connectivity index (χ2n) is 4.03. The van der Waals surface area contributed by atoms with E-state index < -0.39 is 11.7 Å². The Kier molecular flexibility index (Phi) is 4.02. The van der Waals surface area contributed by atoms with E-state index in [1.165, 1.54) is 16.9 Å². The summed E-state index contributed by atoms with van der Waals surface area (Å²) < 4.78 is 40.5. The molecule has 4 nitrogen and oxygen atoms in total. The molecule has 20 heavy (non-hydrogen) atoms. The van der Waals surface area contributed by atoms with Gasteiger partial charge in [0.1, 0.15) is 0 Å². The van der Waals surface area contributed by atoms with Crippen LogP contribution in [-0.4, -0.2) is 15.9 Å². The van der Waals surface area contributed by atoms with Gasteiger partial charge in [0.25, 0.3) is 0 Å². The van der Waals surface area contributed by atoms with E-state index in [1.54, 1.807) is 13.0 Å². The molecule has 0 atom stereocenters. The quantitative estimate of drug-likeness (QED) is 0.628. The van der Waals surface area contributed by atoms with E-state index in [2.05, 4.69) is 10.1 Å². The topological polar surface area (TPSA) is 56.2 Å². The summed E-state index contributed by atoms with van der Waals surface area (Å²) in [5, 5.41) is 3.93. The zero-order valence-corrected chi connectivity index (χ0v) is 12.5. The lowest BCUT2D eigenvalue weighted by Crippen LogP contribution is -2.10. The zero-order chi connectivity index (χ0) is 14.9. The van der Waals surface area contributed by atoms with E-state index in [9.17, 15) is 13.2 Å². The summed E-state index contributed by atoms with van der Waals surface area (Å²) in [6.07, 6.45) is -1.75. The third-order valence-electron chi connectivity index (χ3n) is 2.50. The fraction of sp³-hybridized carbons (Fsp3) is 0.167. The molecule has 0 aliphatic heterocycles. The number of halogens is 4. The van der Waals surface area contributed by atoms with E-state index in [-0.39, 0.29) is 11.5 Å². The molecule has 0 saturated heterocycles. The van der Waals surface area contributed by atoms with Crippen molar-refractivity contribution in [1.82, 2.24) is 9.66 Å². The predicted molar refractivity (Wildman–Crippen MR) is 78.5 cm³/mol. The van der Waals surface area contributed by atoms with Gasteiger partial charge in [-0.15, -0.1) is 0 Å². The first-order valence-corrected chi connectivity index (χ1v) is 6.58. The largest absolute Gasteiger partial charge is 0.417 e. The van der Waals surface area contributed by atoms with Crippen LogP contribution in [0.3, 0.4) is 0 Å². The van der Waals surface area contributed by atoms with Crippen molar-refractivity contribution in [3.8, 4) is 0 Å². The minimum absolute atomic E-state index is 0.00588. The molecule has 0 aliphatic rings. The van der Waals surface area contributed by atoms with Crippen LogP contribution in [0.15, 0.2) is 29.5 Å². The van der Waals surface area contributed by atoms with Crippen LogP contribution >= 0.6 is 22.6 Å². The summed E-state index contributed by atoms with van der Waals surface area (Å²) in [7, 11) is 0. The first kappa shape index (κ1) is 14.8. The van der Waals surface area contributed by atoms with Gasteiger partial charge in [0.2, 0.25) is 5.95 Å². The van der Waals surface area contributed by atoms with Crippen LogP contribution in [0.4, 0.5) is 19.1 Å². The number of alkyl halides is 3. The Labute approximate surface area is 126 Å². The van der Waals surface area contributed by atoms with Gasteiger partial charge in [0.15, 0.2) is 0 Å². The summed E-state index contributed by atoms with van der Waals surface area (Å²) in [5.74, 6) is 0.123. The van der Waals surface area contributed by atoms with Gasteiger partial charge in [-0.2, -0.15) is 18.3 Å². The summed E-state index contributed by atoms with van der Waals surface area (Å²) in [5.41, 5.74) is 5.49. The number of aryl methyl sites for hydroxylation is 1. The second-order valence-corrected chi connectivity index (χ2v) is 5.19. The van der Waals surface area contributed by atoms with Crippen LogP contribution in [0.25, 0.3) is 0 Å². The summed E-state index contributed by atoms with van der Waals surface area (Å²) in [6.45, 7) is 1.72. The summed E-state index contributed by atoms with van der Waals surface area (Å²) in [6, 6.07) is 3.96. The number of aromatic nitrogens is 2. The number of nitrogens with two attached hydrogens (primary N) is 1. The summed E-state index contributed by atoms with van der Waals surface area (Å²) in [4.78, 5) is 3.92. The van der Waals surface area contributed by atoms with Gasteiger partial charge in [-0.05, 0) is 41.6 Å². The Bertz CT molecular complexity index is 661. The molecule has 8 heteroatoms. The van der Waals surface area contributed by atoms with Crippen LogP contribution in [0.2, 0.25) is 0 Å². The number of anilines is 1. The highest BCUT2D eigenvalue weighted by Gasteiger charge is 2.33. The molecule has 1 heterocycles. The average Bonchev–Trinajstić information content (AvgIpc) is 2.65. The van der Waals surface area contributed by atoms with Gasteiger partial charge in [-0.3, -0.25) is 0 Å². The average molecular weight is 394 g/mol. The normalized spacial score (nSPS) is 12.2. The lowest BCUT2D eigenvalue weighted by Gasteiger charge is -2.11. The molecule has 0 aliphatic carbocycles. The number of nitrogens with zero attached hydrogens (tertiary/aromatic N) is 3. The Morgan fingerprint density at radius 2 is 2.10 bits per heavy atom. The first-order chi connectivity index (χ1) is 9.29. The monoisotopic (exact) mass is 394 g/mol. The van der Waals surface area contributed by atoms with Crippen molar-refractivity contribution in [2.24, 2.45) is 5.10 Å². The van der Waals surface area contributed by atoms with Crippen molar-refractivity contribution in [3.05, 3.63) is 44.8 Å². The van der Waals surface area contributed by atoms with Gasteiger partial charge in [-0.1, -0.05) is 6.07 Å². The van der Waals surface area contributed by atoms with Crippen molar-refractivity contribution in [1.29, 1.82) is 0 Å². The maximum atomic E-state index is 12.9. The predicted octanol–water partition coefficient (Wildman–Crippen LogP) is 3.28. The third-order valence-corrected chi connectivity index (χ3v) is 3.44. The number of nitrogen functional groups attached to an aromatic ring is 1. The molecule has 2 aromatic rings. The number of imidazole rings is 1. The Morgan fingerprint density at radius 3 is 2.65 bits per heavy atom. The highest BCUT2D eigenvalue weighted by atomic mass is 127. The van der Waals surface area contributed by atoms with E-state index in [0.29, 0.717) is 9.26 Å². The molecular weight excluding hydrogens is 384 g/mol. The SMILES string of the molecule is Cc1cn(N=Cc2c(I)cccc2C(F)(F)F)c(N)n1. The van der Waals surface area contributed by atoms with Crippen molar-refractivity contribution in [2.45, 2.75) is 13.1 Å². The minimum atomic E-state index is -4.43. The number of benzene rings is 1. The smallest absolute Gasteiger partial charge is 0.368 e. The fourth-order valence-corrected chi connectivity index (χ4v) is 2.27. The van der Waals surface area contributed by atoms with Gasteiger partial charge in [0.05, 0.1) is 23.7 Å². The first-order valence-electron chi connectivity index (χ1n) is 5.50. The highest BCUT2D eigenvalue weighted by molar-refractivity contribution is 14.1. The van der Waals surface area contributed by atoms with Gasteiger partial charge in [-0.25, -0.2) is 9.66 Å². The third kappa shape index (κ3) is 3.11. The maximum Gasteiger partial charge on any atom is 0.417 e. The van der Waals surface area contributed by atoms with Crippen LogP contribution < -0.4 is 5.73 Å². The molecule has 0 radical (unpaired) electrons. The van der Waals surface area contributed by atoms with Crippen molar-refractivity contribution < 1.29 is 13.2 Å². The number of hydrogen-bond donors (Lipinski definition) is 1.